The Morgan fingerprint density at radius 3 is 1.95 bits per heavy atom. The molecule has 4 aromatic heterocycles. The molecule has 2 aliphatic heterocycles. The molecule has 4 N–H and O–H groups in total. The Labute approximate surface area is 342 Å². The Kier molecular flexibility index (Phi) is 10.0. The van der Waals surface area contributed by atoms with Crippen molar-refractivity contribution in [1.29, 1.82) is 0 Å². The van der Waals surface area contributed by atoms with Crippen LogP contribution in [0.25, 0.3) is 38.6 Å². The minimum Gasteiger partial charge on any atom is -0.382 e. The molecule has 6 heterocycles. The Hall–Kier alpha value is -6.27. The van der Waals surface area contributed by atoms with E-state index in [-0.39, 0.29) is 34.9 Å². The number of nitrogen functional groups attached to an aromatic ring is 1. The van der Waals surface area contributed by atoms with Gasteiger partial charge in [0.25, 0.3) is 17.0 Å². The van der Waals surface area contributed by atoms with Crippen LogP contribution in [-0.4, -0.2) is 43.1 Å². The van der Waals surface area contributed by atoms with Crippen LogP contribution in [0.2, 0.25) is 10.0 Å². The van der Waals surface area contributed by atoms with Crippen LogP contribution in [-0.2, 0) is 0 Å². The molecule has 0 bridgehead atoms. The molecule has 0 saturated carbocycles. The molecule has 8 aromatic rings. The largest absolute Gasteiger partial charge is 0.382 e. The zero-order chi connectivity index (χ0) is 39.9. The zero-order valence-corrected chi connectivity index (χ0v) is 32.8. The molecule has 13 heteroatoms. The number of carbonyl (C=O) groups is 1. The van der Waals surface area contributed by atoms with E-state index >= 15 is 0 Å². The summed E-state index contributed by atoms with van der Waals surface area (Å²) in [5.41, 5.74) is 10.1. The van der Waals surface area contributed by atoms with E-state index in [0.29, 0.717) is 45.0 Å². The molecule has 11 nitrogen and oxygen atoms in total. The molecule has 0 unspecified atom stereocenters. The lowest BCUT2D eigenvalue weighted by atomic mass is 10.0. The lowest BCUT2D eigenvalue weighted by Gasteiger charge is -2.27. The van der Waals surface area contributed by atoms with Crippen molar-refractivity contribution in [3.8, 4) is 11.4 Å². The summed E-state index contributed by atoms with van der Waals surface area (Å²) >= 11 is 12.8. The maximum atomic E-state index is 13.8. The van der Waals surface area contributed by atoms with Gasteiger partial charge in [0.1, 0.15) is 12.4 Å². The number of aromatic nitrogens is 5. The first-order chi connectivity index (χ1) is 28.3. The molecule has 10 rings (SSSR count). The number of likely N-dealkylation sites (tertiary alicyclic amines) is 1. The Morgan fingerprint density at radius 1 is 0.741 bits per heavy atom. The molecule has 0 radical (unpaired) electrons. The molecule has 2 saturated heterocycles. The highest BCUT2D eigenvalue weighted by atomic mass is 35.5. The van der Waals surface area contributed by atoms with Crippen LogP contribution in [0.1, 0.15) is 59.5 Å². The summed E-state index contributed by atoms with van der Waals surface area (Å²) < 4.78 is 5.11. The Bertz CT molecular complexity index is 2960. The van der Waals surface area contributed by atoms with Gasteiger partial charge in [-0.3, -0.25) is 23.5 Å². The van der Waals surface area contributed by atoms with Crippen molar-refractivity contribution in [2.24, 2.45) is 0 Å². The molecule has 290 valence electrons. The van der Waals surface area contributed by atoms with E-state index in [1.165, 1.54) is 0 Å². The number of fused-ring (bicyclic) bond motifs is 3. The third-order valence-electron chi connectivity index (χ3n) is 11.0. The van der Waals surface area contributed by atoms with E-state index < -0.39 is 0 Å². The van der Waals surface area contributed by atoms with Crippen molar-refractivity contribution in [2.45, 2.75) is 37.8 Å². The van der Waals surface area contributed by atoms with Crippen LogP contribution >= 0.6 is 23.2 Å². The van der Waals surface area contributed by atoms with Gasteiger partial charge < -0.3 is 16.0 Å². The zero-order valence-electron chi connectivity index (χ0n) is 31.3. The van der Waals surface area contributed by atoms with Crippen LogP contribution < -0.4 is 26.7 Å². The first kappa shape index (κ1) is 37.3. The predicted molar refractivity (Wildman–Crippen MR) is 228 cm³/mol. The van der Waals surface area contributed by atoms with Gasteiger partial charge in [-0.25, -0.2) is 5.10 Å². The molecule has 0 spiro atoms. The van der Waals surface area contributed by atoms with E-state index in [2.05, 4.69) is 21.5 Å². The number of nitrogens with zero attached hydrogens (tertiary/aromatic N) is 5. The van der Waals surface area contributed by atoms with Gasteiger partial charge in [-0.05, 0) is 96.5 Å². The number of para-hydroxylation sites is 2. The number of halogens is 2. The number of nitrogens with two attached hydrogens (primary N) is 1. The average Bonchev–Trinajstić information content (AvgIpc) is 4.02. The van der Waals surface area contributed by atoms with E-state index in [9.17, 15) is 14.4 Å². The van der Waals surface area contributed by atoms with E-state index in [4.69, 9.17) is 28.9 Å². The summed E-state index contributed by atoms with van der Waals surface area (Å²) in [6.45, 7) is 1.53. The fourth-order valence-electron chi connectivity index (χ4n) is 8.43. The first-order valence-corrected chi connectivity index (χ1v) is 20.0. The molecule has 58 heavy (non-hydrogen) atoms. The SMILES string of the molecule is Nc1[nH][n+]2cccnc2c1C(=O)N1CCC[C@H]1c1cc2cccc(Cl)c2c(=O)n1-c1ccccc1.O=c1c2c(Cl)cccc2cc([C@@H]2CCCN2)n1-c1ccccc1. The number of rotatable bonds is 5. The molecule has 1 amide bonds. The highest BCUT2D eigenvalue weighted by Gasteiger charge is 2.37. The van der Waals surface area contributed by atoms with Crippen LogP contribution in [0.15, 0.2) is 137 Å². The number of carbonyl (C=O) groups excluding carboxylic acids is 1. The number of nitrogens with one attached hydrogen (secondary N) is 2. The fourth-order valence-corrected chi connectivity index (χ4v) is 8.95. The van der Waals surface area contributed by atoms with Crippen molar-refractivity contribution in [3.63, 3.8) is 0 Å². The summed E-state index contributed by atoms with van der Waals surface area (Å²) in [6, 6.07) is 35.9. The molecule has 2 atom stereocenters. The van der Waals surface area contributed by atoms with E-state index in [0.717, 1.165) is 59.3 Å². The van der Waals surface area contributed by atoms with E-state index in [1.807, 2.05) is 91.0 Å². The molecule has 4 aromatic carbocycles. The van der Waals surface area contributed by atoms with E-state index in [1.54, 1.807) is 49.1 Å². The van der Waals surface area contributed by atoms with Gasteiger partial charge in [-0.2, -0.15) is 0 Å². The second-order valence-electron chi connectivity index (χ2n) is 14.5. The van der Waals surface area contributed by atoms with Gasteiger partial charge in [0.2, 0.25) is 0 Å². The number of aromatic amines is 1. The summed E-state index contributed by atoms with van der Waals surface area (Å²) in [7, 11) is 0. The second-order valence-corrected chi connectivity index (χ2v) is 15.3. The second kappa shape index (κ2) is 15.6. The maximum Gasteiger partial charge on any atom is 0.363 e. The Morgan fingerprint density at radius 2 is 1.34 bits per heavy atom. The number of amides is 1. The highest BCUT2D eigenvalue weighted by Crippen LogP contribution is 2.37. The molecule has 0 aliphatic carbocycles. The van der Waals surface area contributed by atoms with Crippen molar-refractivity contribution < 1.29 is 9.31 Å². The smallest absolute Gasteiger partial charge is 0.363 e. The fraction of sp³-hybridized carbons (Fsp3) is 0.178. The number of hydrogen-bond acceptors (Lipinski definition) is 6. The number of benzene rings is 4. The summed E-state index contributed by atoms with van der Waals surface area (Å²) in [5.74, 6) is 0.0331. The van der Waals surface area contributed by atoms with Crippen molar-refractivity contribution in [3.05, 3.63) is 175 Å². The minimum atomic E-state index is -0.322. The number of hydrogen-bond donors (Lipinski definition) is 3. The number of H-pyrrole nitrogens is 1. The van der Waals surface area contributed by atoms with Crippen LogP contribution in [0.3, 0.4) is 0 Å². The molecular formula is C45H39Cl2N8O3+. The van der Waals surface area contributed by atoms with Crippen LogP contribution in [0, 0.1) is 0 Å². The first-order valence-electron chi connectivity index (χ1n) is 19.3. The lowest BCUT2D eigenvalue weighted by molar-refractivity contribution is -0.577. The normalized spacial score (nSPS) is 16.6. The minimum absolute atomic E-state index is 0.0528. The average molecular weight is 811 g/mol. The van der Waals surface area contributed by atoms with Crippen molar-refractivity contribution in [1.82, 2.24) is 29.4 Å². The predicted octanol–water partition coefficient (Wildman–Crippen LogP) is 7.73. The van der Waals surface area contributed by atoms with Gasteiger partial charge in [0.05, 0.1) is 26.9 Å². The lowest BCUT2D eigenvalue weighted by Crippen LogP contribution is -2.35. The van der Waals surface area contributed by atoms with Crippen molar-refractivity contribution in [2.75, 3.05) is 18.8 Å². The van der Waals surface area contributed by atoms with Gasteiger partial charge >= 0.3 is 5.65 Å². The number of pyridine rings is 2. The van der Waals surface area contributed by atoms with Crippen LogP contribution in [0.4, 0.5) is 5.82 Å². The standard InChI is InChI=1S/C26H21ClN6O2.C19H17ClN2O/c27-18-10-4-7-16-15-20(33(26(35)21(16)18)17-8-2-1-3-9-17)19-11-5-13-31(19)25(34)22-23(28)30-32-14-6-12-29-24(22)32;20-15-9-4-6-13-12-17(16-10-5-11-21-16)22(19(23)18(13)15)14-7-2-1-3-8-14/h1-4,6-10,12,14-15,19H,5,11,13H2,(H2,28,30);1-4,6-9,12,16,21H,5,10-11H2/p+1/t19-;16-/m00/s1. The topological polar surface area (TPSA) is 135 Å². The third kappa shape index (κ3) is 6.60. The molecule has 2 aliphatic rings. The Balaban J connectivity index is 0.000000164. The summed E-state index contributed by atoms with van der Waals surface area (Å²) in [5, 5.41) is 10.1. The highest BCUT2D eigenvalue weighted by molar-refractivity contribution is 6.35. The van der Waals surface area contributed by atoms with Gasteiger partial charge in [0, 0.05) is 41.4 Å². The summed E-state index contributed by atoms with van der Waals surface area (Å²) in [6.07, 6.45) is 7.07. The third-order valence-corrected chi connectivity index (χ3v) is 11.7. The van der Waals surface area contributed by atoms with Gasteiger partial charge in [0.15, 0.2) is 11.4 Å². The molecule has 2 fully saturated rings. The van der Waals surface area contributed by atoms with Gasteiger partial charge in [-0.1, -0.05) is 83.9 Å². The quantitative estimate of drug-likeness (QED) is 0.152. The van der Waals surface area contributed by atoms with Crippen LogP contribution in [0.5, 0.6) is 0 Å². The summed E-state index contributed by atoms with van der Waals surface area (Å²) in [4.78, 5) is 47.0. The van der Waals surface area contributed by atoms with Gasteiger partial charge in [-0.15, -0.1) is 4.52 Å². The number of anilines is 1. The monoisotopic (exact) mass is 809 g/mol. The maximum absolute atomic E-state index is 13.8. The molecular weight excluding hydrogens is 771 g/mol. The van der Waals surface area contributed by atoms with Crippen molar-refractivity contribution >= 4 is 62.1 Å².